The van der Waals surface area contributed by atoms with Crippen LogP contribution in [0.2, 0.25) is 0 Å². The Balaban J connectivity index is 2.00. The molecule has 2 atom stereocenters. The molecule has 0 saturated carbocycles. The molecule has 0 aliphatic carbocycles. The highest BCUT2D eigenvalue weighted by Crippen LogP contribution is 2.44. The smallest absolute Gasteiger partial charge is 0.416 e. The van der Waals surface area contributed by atoms with Gasteiger partial charge in [0.25, 0.3) is 0 Å². The molecule has 2 aromatic carbocycles. The van der Waals surface area contributed by atoms with E-state index in [9.17, 15) is 37.4 Å². The Labute approximate surface area is 215 Å². The first kappa shape index (κ1) is 27.3. The number of hydrogen-bond donors (Lipinski definition) is 2. The lowest BCUT2D eigenvalue weighted by atomic mass is 9.85. The Bertz CT molecular complexity index is 1270. The van der Waals surface area contributed by atoms with Crippen molar-refractivity contribution < 1.29 is 42.1 Å². The van der Waals surface area contributed by atoms with Gasteiger partial charge in [-0.1, -0.05) is 0 Å². The number of fused-ring (bicyclic) bond motifs is 2. The van der Waals surface area contributed by atoms with Crippen LogP contribution in [0.15, 0.2) is 35.3 Å². The number of anilines is 2. The first-order valence-corrected chi connectivity index (χ1v) is 11.8. The van der Waals surface area contributed by atoms with Crippen molar-refractivity contribution in [3.05, 3.63) is 52.8 Å². The quantitative estimate of drug-likeness (QED) is 0.507. The van der Waals surface area contributed by atoms with Gasteiger partial charge in [0.1, 0.15) is 11.7 Å². The summed E-state index contributed by atoms with van der Waals surface area (Å²) in [5.41, 5.74) is -2.01. The number of nitrogens with zero attached hydrogens (tertiary/aromatic N) is 2. The number of methoxy groups -OCH3 is 1. The minimum absolute atomic E-state index is 0.0496. The van der Waals surface area contributed by atoms with E-state index in [1.807, 2.05) is 0 Å². The number of benzene rings is 2. The van der Waals surface area contributed by atoms with Crippen molar-refractivity contribution >= 4 is 34.8 Å². The fourth-order valence-electron chi connectivity index (χ4n) is 4.76. The zero-order chi connectivity index (χ0) is 27.6. The van der Waals surface area contributed by atoms with Gasteiger partial charge < -0.3 is 40.1 Å². The molecule has 0 amide bonds. The van der Waals surface area contributed by atoms with Gasteiger partial charge in [0, 0.05) is 74.6 Å². The molecular formula is C25H24F4N4O5-2. The Morgan fingerprint density at radius 2 is 1.95 bits per heavy atom. The van der Waals surface area contributed by atoms with Gasteiger partial charge in [-0.25, -0.2) is 9.38 Å². The van der Waals surface area contributed by atoms with Crippen LogP contribution in [-0.2, 0) is 20.5 Å². The first-order valence-electron chi connectivity index (χ1n) is 11.8. The maximum Gasteiger partial charge on any atom is 0.416 e. The molecule has 38 heavy (non-hydrogen) atoms. The van der Waals surface area contributed by atoms with Gasteiger partial charge in [-0.2, -0.15) is 13.2 Å². The predicted octanol–water partition coefficient (Wildman–Crippen LogP) is 1.26. The van der Waals surface area contributed by atoms with E-state index >= 15 is 0 Å². The Morgan fingerprint density at radius 3 is 2.61 bits per heavy atom. The van der Waals surface area contributed by atoms with Crippen LogP contribution < -0.4 is 20.8 Å². The molecule has 13 heteroatoms. The number of carboxylic acids is 2. The standard InChI is InChI=1S/C25H26F4N4O5/c1-38-9-6-14-12-33(8-7-30-14)23-22-18(31-17-4-2-13(26)10-19(17)32-23)5-3-16(25(27,28)29)21(22)15(24(36)37)11-20(34)35/h2-5,10,14-15,30-31H,6-9,11-12H2,1H3,(H,34,35)(H,36,37)/p-2/t14?,15-/m0/s1. The number of carbonyl (C=O) groups excluding carboxylic acids is 2. The van der Waals surface area contributed by atoms with Crippen molar-refractivity contribution in [3.63, 3.8) is 0 Å². The summed E-state index contributed by atoms with van der Waals surface area (Å²) in [7, 11) is 1.53. The van der Waals surface area contributed by atoms with E-state index in [4.69, 9.17) is 4.74 Å². The summed E-state index contributed by atoms with van der Waals surface area (Å²) in [6, 6.07) is 5.24. The molecule has 2 heterocycles. The molecular weight excluding hydrogens is 512 g/mol. The second kappa shape index (κ2) is 11.0. The maximum absolute atomic E-state index is 14.2. The molecule has 0 bridgehead atoms. The summed E-state index contributed by atoms with van der Waals surface area (Å²) in [5, 5.41) is 29.7. The molecule has 0 radical (unpaired) electrons. The molecule has 4 rings (SSSR count). The lowest BCUT2D eigenvalue weighted by Gasteiger charge is -2.37. The monoisotopic (exact) mass is 536 g/mol. The Kier molecular flexibility index (Phi) is 7.88. The molecule has 2 aromatic rings. The summed E-state index contributed by atoms with van der Waals surface area (Å²) in [5.74, 6) is -6.77. The van der Waals surface area contributed by atoms with E-state index < -0.39 is 47.4 Å². The van der Waals surface area contributed by atoms with Gasteiger partial charge in [0.2, 0.25) is 0 Å². The summed E-state index contributed by atoms with van der Waals surface area (Å²) >= 11 is 0. The van der Waals surface area contributed by atoms with Crippen LogP contribution in [0.5, 0.6) is 0 Å². The van der Waals surface area contributed by atoms with Crippen molar-refractivity contribution in [2.75, 3.05) is 38.7 Å². The Hall–Kier alpha value is -3.71. The molecule has 2 aliphatic rings. The SMILES string of the molecule is COCCC1CN(C2=Nc3cc(F)ccc3Nc3ccc(C(F)(F)F)c([C@H](CC(=O)[O-])C(=O)[O-])c32)CCN1. The van der Waals surface area contributed by atoms with Crippen molar-refractivity contribution in [3.8, 4) is 0 Å². The van der Waals surface area contributed by atoms with Gasteiger partial charge >= 0.3 is 6.18 Å². The van der Waals surface area contributed by atoms with Gasteiger partial charge in [0.05, 0.1) is 16.9 Å². The minimum atomic E-state index is -5.04. The summed E-state index contributed by atoms with van der Waals surface area (Å²) in [4.78, 5) is 29.7. The van der Waals surface area contributed by atoms with Crippen LogP contribution in [0.1, 0.15) is 35.4 Å². The molecule has 2 N–H and O–H groups in total. The van der Waals surface area contributed by atoms with Crippen molar-refractivity contribution in [1.29, 1.82) is 0 Å². The second-order valence-corrected chi connectivity index (χ2v) is 9.00. The fraction of sp³-hybridized carbons (Fsp3) is 0.400. The zero-order valence-electron chi connectivity index (χ0n) is 20.2. The summed E-state index contributed by atoms with van der Waals surface area (Å²) in [6.07, 6.45) is -5.72. The number of aliphatic imine (C=N–C) groups is 1. The molecule has 1 fully saturated rings. The Morgan fingerprint density at radius 1 is 1.21 bits per heavy atom. The minimum Gasteiger partial charge on any atom is -0.550 e. The number of carbonyl (C=O) groups is 2. The van der Waals surface area contributed by atoms with Gasteiger partial charge in [-0.3, -0.25) is 0 Å². The number of aliphatic carboxylic acids is 2. The maximum atomic E-state index is 14.2. The van der Waals surface area contributed by atoms with E-state index in [1.54, 1.807) is 4.90 Å². The molecule has 1 unspecified atom stereocenters. The van der Waals surface area contributed by atoms with Crippen LogP contribution in [0, 0.1) is 5.82 Å². The number of carboxylic acid groups (broad SMARTS) is 2. The van der Waals surface area contributed by atoms with Gasteiger partial charge in [0.15, 0.2) is 0 Å². The fourth-order valence-corrected chi connectivity index (χ4v) is 4.76. The number of nitrogens with one attached hydrogen (secondary N) is 2. The predicted molar refractivity (Wildman–Crippen MR) is 125 cm³/mol. The average Bonchev–Trinajstić information content (AvgIpc) is 3.01. The summed E-state index contributed by atoms with van der Waals surface area (Å²) < 4.78 is 62.0. The largest absolute Gasteiger partial charge is 0.550 e. The van der Waals surface area contributed by atoms with Crippen LogP contribution in [0.4, 0.5) is 34.6 Å². The van der Waals surface area contributed by atoms with Gasteiger partial charge in [-0.05, 0) is 42.7 Å². The van der Waals surface area contributed by atoms with Crippen LogP contribution in [0.25, 0.3) is 0 Å². The van der Waals surface area contributed by atoms with Gasteiger partial charge in [-0.15, -0.1) is 0 Å². The van der Waals surface area contributed by atoms with E-state index in [2.05, 4.69) is 15.6 Å². The molecule has 9 nitrogen and oxygen atoms in total. The normalized spacial score (nSPS) is 18.0. The molecule has 2 aliphatic heterocycles. The molecule has 0 aromatic heterocycles. The highest BCUT2D eigenvalue weighted by atomic mass is 19.4. The van der Waals surface area contributed by atoms with Crippen molar-refractivity contribution in [1.82, 2.24) is 10.2 Å². The van der Waals surface area contributed by atoms with E-state index in [0.29, 0.717) is 25.6 Å². The lowest BCUT2D eigenvalue weighted by molar-refractivity contribution is -0.317. The number of hydrogen-bond acceptors (Lipinski definition) is 9. The number of piperazine rings is 1. The number of halogens is 4. The average molecular weight is 536 g/mol. The zero-order valence-corrected chi connectivity index (χ0v) is 20.2. The number of rotatable bonds is 7. The third-order valence-electron chi connectivity index (χ3n) is 6.46. The number of alkyl halides is 3. The third kappa shape index (κ3) is 5.73. The number of amidine groups is 1. The highest BCUT2D eigenvalue weighted by molar-refractivity contribution is 6.10. The molecule has 0 spiro atoms. The lowest BCUT2D eigenvalue weighted by Crippen LogP contribution is -2.53. The highest BCUT2D eigenvalue weighted by Gasteiger charge is 2.40. The second-order valence-electron chi connectivity index (χ2n) is 9.00. The third-order valence-corrected chi connectivity index (χ3v) is 6.46. The van der Waals surface area contributed by atoms with E-state index in [-0.39, 0.29) is 47.6 Å². The number of ether oxygens (including phenoxy) is 1. The van der Waals surface area contributed by atoms with Crippen LogP contribution >= 0.6 is 0 Å². The van der Waals surface area contributed by atoms with Crippen LogP contribution in [0.3, 0.4) is 0 Å². The summed E-state index contributed by atoms with van der Waals surface area (Å²) in [6.45, 7) is 1.37. The van der Waals surface area contributed by atoms with Crippen molar-refractivity contribution in [2.45, 2.75) is 31.0 Å². The topological polar surface area (TPSA) is 129 Å². The molecule has 1 saturated heterocycles. The first-order chi connectivity index (χ1) is 18.0. The van der Waals surface area contributed by atoms with E-state index in [0.717, 1.165) is 18.2 Å². The van der Waals surface area contributed by atoms with Crippen molar-refractivity contribution in [2.24, 2.45) is 4.99 Å². The molecule has 204 valence electrons. The van der Waals surface area contributed by atoms with Crippen LogP contribution in [-0.4, -0.2) is 62.1 Å². The van der Waals surface area contributed by atoms with E-state index in [1.165, 1.54) is 13.2 Å².